The third-order valence-electron chi connectivity index (χ3n) is 1.56. The molecule has 0 aromatic heterocycles. The lowest BCUT2D eigenvalue weighted by molar-refractivity contribution is 0.582. The minimum Gasteiger partial charge on any atom is -0.398 e. The lowest BCUT2D eigenvalue weighted by Gasteiger charge is -1.99. The Bertz CT molecular complexity index is 368. The molecule has 0 saturated heterocycles. The Balaban J connectivity index is 3.04. The van der Waals surface area contributed by atoms with E-state index in [9.17, 15) is 8.78 Å². The van der Waals surface area contributed by atoms with Gasteiger partial charge in [0.25, 0.3) is 0 Å². The summed E-state index contributed by atoms with van der Waals surface area (Å²) in [7, 11) is 1.72. The van der Waals surface area contributed by atoms with Gasteiger partial charge in [-0.25, -0.2) is 8.78 Å². The summed E-state index contributed by atoms with van der Waals surface area (Å²) in [6.45, 7) is 0.427. The van der Waals surface area contributed by atoms with Crippen molar-refractivity contribution in [2.45, 2.75) is 0 Å². The van der Waals surface area contributed by atoms with E-state index in [0.717, 1.165) is 12.1 Å². The Morgan fingerprint density at radius 2 is 2.14 bits per heavy atom. The monoisotopic (exact) mass is 196 g/mol. The summed E-state index contributed by atoms with van der Waals surface area (Å²) in [5.74, 6) is 3.75. The fourth-order valence-corrected chi connectivity index (χ4v) is 0.946. The van der Waals surface area contributed by atoms with Crippen molar-refractivity contribution in [3.8, 4) is 11.8 Å². The minimum atomic E-state index is -0.730. The molecule has 0 atom stereocenters. The standard InChI is InChI=1S/C10H10F2N2/c1-14-4-2-3-8-9(12)5-7(11)6-10(8)13/h5-6,14H,4,13H2,1H3. The van der Waals surface area contributed by atoms with Crippen LogP contribution >= 0.6 is 0 Å². The highest BCUT2D eigenvalue weighted by molar-refractivity contribution is 5.56. The normalized spacial score (nSPS) is 9.36. The highest BCUT2D eigenvalue weighted by Gasteiger charge is 2.05. The van der Waals surface area contributed by atoms with Crippen LogP contribution in [0.2, 0.25) is 0 Å². The molecule has 1 aromatic rings. The Kier molecular flexibility index (Phi) is 3.43. The number of nitrogen functional groups attached to an aromatic ring is 1. The SMILES string of the molecule is CNCC#Cc1c(N)cc(F)cc1F. The van der Waals surface area contributed by atoms with E-state index >= 15 is 0 Å². The van der Waals surface area contributed by atoms with Gasteiger partial charge in [0.2, 0.25) is 0 Å². The van der Waals surface area contributed by atoms with Crippen molar-refractivity contribution in [1.82, 2.24) is 5.32 Å². The van der Waals surface area contributed by atoms with Gasteiger partial charge in [0.05, 0.1) is 17.8 Å². The second kappa shape index (κ2) is 4.58. The van der Waals surface area contributed by atoms with Crippen molar-refractivity contribution >= 4 is 5.69 Å². The molecule has 1 aromatic carbocycles. The quantitative estimate of drug-likeness (QED) is 0.521. The van der Waals surface area contributed by atoms with Gasteiger partial charge in [0.15, 0.2) is 0 Å². The summed E-state index contributed by atoms with van der Waals surface area (Å²) in [6.07, 6.45) is 0. The van der Waals surface area contributed by atoms with Crippen molar-refractivity contribution in [3.63, 3.8) is 0 Å². The van der Waals surface area contributed by atoms with E-state index in [1.54, 1.807) is 7.05 Å². The predicted molar refractivity (Wildman–Crippen MR) is 51.6 cm³/mol. The smallest absolute Gasteiger partial charge is 0.143 e. The zero-order chi connectivity index (χ0) is 10.6. The fraction of sp³-hybridized carbons (Fsp3) is 0.200. The topological polar surface area (TPSA) is 38.0 Å². The highest BCUT2D eigenvalue weighted by atomic mass is 19.1. The van der Waals surface area contributed by atoms with Crippen molar-refractivity contribution in [2.75, 3.05) is 19.3 Å². The van der Waals surface area contributed by atoms with Crippen molar-refractivity contribution < 1.29 is 8.78 Å². The molecule has 0 aliphatic carbocycles. The van der Waals surface area contributed by atoms with Crippen LogP contribution in [0.1, 0.15) is 5.56 Å². The third-order valence-corrected chi connectivity index (χ3v) is 1.56. The minimum absolute atomic E-state index is 0.0195. The average Bonchev–Trinajstić information content (AvgIpc) is 2.09. The summed E-state index contributed by atoms with van der Waals surface area (Å²) in [5, 5.41) is 2.78. The first-order valence-corrected chi connectivity index (χ1v) is 4.03. The van der Waals surface area contributed by atoms with E-state index in [-0.39, 0.29) is 11.3 Å². The van der Waals surface area contributed by atoms with Crippen molar-refractivity contribution in [2.24, 2.45) is 0 Å². The number of nitrogens with two attached hydrogens (primary N) is 1. The van der Waals surface area contributed by atoms with E-state index < -0.39 is 11.6 Å². The Morgan fingerprint density at radius 1 is 1.43 bits per heavy atom. The maximum Gasteiger partial charge on any atom is 0.143 e. The van der Waals surface area contributed by atoms with Crippen LogP contribution < -0.4 is 11.1 Å². The summed E-state index contributed by atoms with van der Waals surface area (Å²) in [5.41, 5.74) is 5.46. The second-order valence-electron chi connectivity index (χ2n) is 2.68. The van der Waals surface area contributed by atoms with Crippen LogP contribution in [0.25, 0.3) is 0 Å². The molecule has 0 saturated carbocycles. The molecule has 14 heavy (non-hydrogen) atoms. The van der Waals surface area contributed by atoms with Crippen LogP contribution in [-0.2, 0) is 0 Å². The molecule has 0 unspecified atom stereocenters. The number of anilines is 1. The molecule has 1 rings (SSSR count). The van der Waals surface area contributed by atoms with E-state index in [0.29, 0.717) is 6.54 Å². The largest absolute Gasteiger partial charge is 0.398 e. The van der Waals surface area contributed by atoms with Gasteiger partial charge in [0.1, 0.15) is 11.6 Å². The van der Waals surface area contributed by atoms with Crippen LogP contribution in [0.15, 0.2) is 12.1 Å². The Hall–Kier alpha value is -1.60. The number of benzene rings is 1. The van der Waals surface area contributed by atoms with Crippen molar-refractivity contribution in [3.05, 3.63) is 29.3 Å². The number of rotatable bonds is 1. The van der Waals surface area contributed by atoms with Crippen LogP contribution in [0.3, 0.4) is 0 Å². The molecule has 0 heterocycles. The van der Waals surface area contributed by atoms with Crippen LogP contribution in [0.4, 0.5) is 14.5 Å². The highest BCUT2D eigenvalue weighted by Crippen LogP contribution is 2.16. The molecule has 0 bridgehead atoms. The van der Waals surface area contributed by atoms with Gasteiger partial charge in [-0.3, -0.25) is 0 Å². The Morgan fingerprint density at radius 3 is 2.71 bits per heavy atom. The molecule has 0 aliphatic rings. The first-order valence-electron chi connectivity index (χ1n) is 4.03. The molecule has 0 spiro atoms. The maximum absolute atomic E-state index is 13.1. The molecule has 2 nitrogen and oxygen atoms in total. The molecule has 3 N–H and O–H groups in total. The Labute approximate surface area is 81.1 Å². The van der Waals surface area contributed by atoms with Gasteiger partial charge in [-0.15, -0.1) is 0 Å². The van der Waals surface area contributed by atoms with E-state index in [2.05, 4.69) is 17.2 Å². The summed E-state index contributed by atoms with van der Waals surface area (Å²) >= 11 is 0. The predicted octanol–water partition coefficient (Wildman–Crippen LogP) is 1.12. The molecule has 0 amide bonds. The lowest BCUT2D eigenvalue weighted by atomic mass is 10.1. The average molecular weight is 196 g/mol. The first-order chi connectivity index (χ1) is 6.65. The van der Waals surface area contributed by atoms with Crippen LogP contribution in [0.5, 0.6) is 0 Å². The van der Waals surface area contributed by atoms with Crippen LogP contribution in [-0.4, -0.2) is 13.6 Å². The van der Waals surface area contributed by atoms with Crippen molar-refractivity contribution in [1.29, 1.82) is 0 Å². The molecule has 4 heteroatoms. The second-order valence-corrected chi connectivity index (χ2v) is 2.68. The molecule has 0 aliphatic heterocycles. The van der Waals surface area contributed by atoms with Crippen LogP contribution in [0, 0.1) is 23.5 Å². The van der Waals surface area contributed by atoms with Gasteiger partial charge in [0, 0.05) is 6.07 Å². The summed E-state index contributed by atoms with van der Waals surface area (Å²) < 4.78 is 25.7. The molecule has 0 fully saturated rings. The number of hydrogen-bond donors (Lipinski definition) is 2. The molecule has 0 radical (unpaired) electrons. The zero-order valence-corrected chi connectivity index (χ0v) is 7.70. The lowest BCUT2D eigenvalue weighted by Crippen LogP contribution is -2.04. The summed E-state index contributed by atoms with van der Waals surface area (Å²) in [4.78, 5) is 0. The molecular weight excluding hydrogens is 186 g/mol. The van der Waals surface area contributed by atoms with E-state index in [1.807, 2.05) is 0 Å². The molecule has 74 valence electrons. The van der Waals surface area contributed by atoms with Gasteiger partial charge in [-0.2, -0.15) is 0 Å². The van der Waals surface area contributed by atoms with Gasteiger partial charge in [-0.1, -0.05) is 11.8 Å². The third kappa shape index (κ3) is 2.44. The van der Waals surface area contributed by atoms with E-state index in [4.69, 9.17) is 5.73 Å². The van der Waals surface area contributed by atoms with Gasteiger partial charge >= 0.3 is 0 Å². The number of halogens is 2. The zero-order valence-electron chi connectivity index (χ0n) is 7.70. The maximum atomic E-state index is 13.1. The first kappa shape index (κ1) is 10.5. The van der Waals surface area contributed by atoms with Gasteiger partial charge in [-0.05, 0) is 13.1 Å². The summed E-state index contributed by atoms with van der Waals surface area (Å²) in [6, 6.07) is 1.81. The van der Waals surface area contributed by atoms with Gasteiger partial charge < -0.3 is 11.1 Å². The number of hydrogen-bond acceptors (Lipinski definition) is 2. The fourth-order valence-electron chi connectivity index (χ4n) is 0.946. The molecular formula is C10H10F2N2. The number of nitrogens with one attached hydrogen (secondary N) is 1. The van der Waals surface area contributed by atoms with E-state index in [1.165, 1.54) is 0 Å².